The van der Waals surface area contributed by atoms with Crippen LogP contribution in [0.5, 0.6) is 0 Å². The number of benzene rings is 1. The summed E-state index contributed by atoms with van der Waals surface area (Å²) in [5, 5.41) is 19.6. The molecule has 2 aromatic rings. The van der Waals surface area contributed by atoms with Gasteiger partial charge in [-0.1, -0.05) is 12.1 Å². The van der Waals surface area contributed by atoms with E-state index >= 15 is 0 Å². The molecule has 0 saturated heterocycles. The number of hydrogen-bond acceptors (Lipinski definition) is 3. The number of nitrogens with one attached hydrogen (secondary N) is 2. The second kappa shape index (κ2) is 9.26. The van der Waals surface area contributed by atoms with Crippen LogP contribution in [0.1, 0.15) is 24.5 Å². The fraction of sp³-hybridized carbons (Fsp3) is 0.353. The van der Waals surface area contributed by atoms with E-state index in [0.29, 0.717) is 12.1 Å². The van der Waals surface area contributed by atoms with Crippen LogP contribution < -0.4 is 10.6 Å². The van der Waals surface area contributed by atoms with E-state index < -0.39 is 0 Å². The average molecular weight is 310 g/mol. The van der Waals surface area contributed by atoms with Gasteiger partial charge in [-0.25, -0.2) is 4.99 Å². The Bertz CT molecular complexity index is 654. The zero-order valence-corrected chi connectivity index (χ0v) is 13.4. The summed E-state index contributed by atoms with van der Waals surface area (Å²) >= 11 is 0. The van der Waals surface area contributed by atoms with E-state index in [4.69, 9.17) is 5.26 Å². The number of aliphatic imine (C=N–C) groups is 1. The standard InChI is InChI=1S/C17H22N6/c1-2-19-17(20-8-4-10-23-11-5-9-22-23)21-14-16-7-3-6-15(12-16)13-18/h3,5-7,9,11-12H,2,4,8,10,14H2,1H3,(H2,19,20,21). The Morgan fingerprint density at radius 3 is 3.00 bits per heavy atom. The summed E-state index contributed by atoms with van der Waals surface area (Å²) in [4.78, 5) is 4.56. The molecule has 23 heavy (non-hydrogen) atoms. The first-order valence-electron chi connectivity index (χ1n) is 7.80. The largest absolute Gasteiger partial charge is 0.357 e. The summed E-state index contributed by atoms with van der Waals surface area (Å²) in [5.74, 6) is 0.787. The van der Waals surface area contributed by atoms with Crippen molar-refractivity contribution in [1.29, 1.82) is 5.26 Å². The molecular formula is C17H22N6. The van der Waals surface area contributed by atoms with E-state index in [2.05, 4.69) is 26.8 Å². The molecule has 0 unspecified atom stereocenters. The van der Waals surface area contributed by atoms with Gasteiger partial charge < -0.3 is 10.6 Å². The van der Waals surface area contributed by atoms with Gasteiger partial charge >= 0.3 is 0 Å². The van der Waals surface area contributed by atoms with Crippen LogP contribution in [-0.4, -0.2) is 28.8 Å². The van der Waals surface area contributed by atoms with Gasteiger partial charge in [0.1, 0.15) is 0 Å². The normalized spacial score (nSPS) is 11.0. The molecular weight excluding hydrogens is 288 g/mol. The van der Waals surface area contributed by atoms with Gasteiger partial charge in [-0.2, -0.15) is 10.4 Å². The minimum atomic E-state index is 0.546. The van der Waals surface area contributed by atoms with E-state index in [1.54, 1.807) is 12.3 Å². The van der Waals surface area contributed by atoms with Crippen LogP contribution in [0.3, 0.4) is 0 Å². The molecule has 6 nitrogen and oxygen atoms in total. The zero-order valence-electron chi connectivity index (χ0n) is 13.4. The van der Waals surface area contributed by atoms with Gasteiger partial charge in [0.05, 0.1) is 18.2 Å². The van der Waals surface area contributed by atoms with Gasteiger partial charge in [-0.15, -0.1) is 0 Å². The van der Waals surface area contributed by atoms with Crippen molar-refractivity contribution in [3.8, 4) is 6.07 Å². The second-order valence-corrected chi connectivity index (χ2v) is 5.06. The van der Waals surface area contributed by atoms with E-state index in [0.717, 1.165) is 37.6 Å². The molecule has 0 atom stereocenters. The quantitative estimate of drug-likeness (QED) is 0.465. The molecule has 0 aliphatic heterocycles. The van der Waals surface area contributed by atoms with Crippen molar-refractivity contribution in [2.75, 3.05) is 13.1 Å². The van der Waals surface area contributed by atoms with E-state index in [1.807, 2.05) is 42.1 Å². The molecule has 0 aliphatic rings. The van der Waals surface area contributed by atoms with Gasteiger partial charge in [0.15, 0.2) is 5.96 Å². The Hall–Kier alpha value is -2.81. The summed E-state index contributed by atoms with van der Waals surface area (Å²) in [6.45, 7) is 5.10. The van der Waals surface area contributed by atoms with Crippen molar-refractivity contribution in [2.24, 2.45) is 4.99 Å². The fourth-order valence-electron chi connectivity index (χ4n) is 2.13. The Morgan fingerprint density at radius 1 is 1.35 bits per heavy atom. The average Bonchev–Trinajstić information content (AvgIpc) is 3.10. The highest BCUT2D eigenvalue weighted by Crippen LogP contribution is 2.05. The monoisotopic (exact) mass is 310 g/mol. The predicted octanol–water partition coefficient (Wildman–Crippen LogP) is 1.90. The smallest absolute Gasteiger partial charge is 0.191 e. The summed E-state index contributed by atoms with van der Waals surface area (Å²) in [6.07, 6.45) is 4.71. The lowest BCUT2D eigenvalue weighted by Crippen LogP contribution is -2.38. The molecule has 0 amide bonds. The van der Waals surface area contributed by atoms with Crippen LogP contribution in [0.25, 0.3) is 0 Å². The molecule has 0 radical (unpaired) electrons. The molecule has 6 heteroatoms. The Morgan fingerprint density at radius 2 is 2.26 bits per heavy atom. The fourth-order valence-corrected chi connectivity index (χ4v) is 2.13. The molecule has 0 fully saturated rings. The third-order valence-corrected chi connectivity index (χ3v) is 3.24. The van der Waals surface area contributed by atoms with E-state index in [-0.39, 0.29) is 0 Å². The Kier molecular flexibility index (Phi) is 6.66. The highest BCUT2D eigenvalue weighted by molar-refractivity contribution is 5.79. The van der Waals surface area contributed by atoms with Crippen molar-refractivity contribution < 1.29 is 0 Å². The molecule has 120 valence electrons. The lowest BCUT2D eigenvalue weighted by Gasteiger charge is -2.11. The third kappa shape index (κ3) is 5.83. The van der Waals surface area contributed by atoms with Crippen LogP contribution in [0.15, 0.2) is 47.7 Å². The number of nitrogens with zero attached hydrogens (tertiary/aromatic N) is 4. The van der Waals surface area contributed by atoms with Gasteiger partial charge in [0.25, 0.3) is 0 Å². The summed E-state index contributed by atoms with van der Waals surface area (Å²) in [6, 6.07) is 11.6. The number of guanidine groups is 1. The Balaban J connectivity index is 1.82. The SMILES string of the molecule is CCNC(=NCc1cccc(C#N)c1)NCCCn1cccn1. The molecule has 1 heterocycles. The van der Waals surface area contributed by atoms with Crippen LogP contribution in [-0.2, 0) is 13.1 Å². The van der Waals surface area contributed by atoms with Crippen molar-refractivity contribution in [3.63, 3.8) is 0 Å². The summed E-state index contributed by atoms with van der Waals surface area (Å²) in [5.41, 5.74) is 1.69. The lowest BCUT2D eigenvalue weighted by atomic mass is 10.1. The van der Waals surface area contributed by atoms with Gasteiger partial charge in [0, 0.05) is 32.0 Å². The van der Waals surface area contributed by atoms with Gasteiger partial charge in [-0.3, -0.25) is 4.68 Å². The topological polar surface area (TPSA) is 78.0 Å². The number of rotatable bonds is 7. The third-order valence-electron chi connectivity index (χ3n) is 3.24. The predicted molar refractivity (Wildman–Crippen MR) is 90.8 cm³/mol. The number of aromatic nitrogens is 2. The van der Waals surface area contributed by atoms with E-state index in [1.165, 1.54) is 0 Å². The molecule has 1 aromatic carbocycles. The van der Waals surface area contributed by atoms with Crippen molar-refractivity contribution in [3.05, 3.63) is 53.9 Å². The number of aryl methyl sites for hydroxylation is 1. The minimum Gasteiger partial charge on any atom is -0.357 e. The van der Waals surface area contributed by atoms with Crippen LogP contribution in [0.4, 0.5) is 0 Å². The number of hydrogen-bond donors (Lipinski definition) is 2. The Labute approximate surface area is 136 Å². The molecule has 1 aromatic heterocycles. The molecule has 0 spiro atoms. The maximum atomic E-state index is 8.93. The van der Waals surface area contributed by atoms with Crippen LogP contribution in [0, 0.1) is 11.3 Å². The van der Waals surface area contributed by atoms with Crippen molar-refractivity contribution in [2.45, 2.75) is 26.4 Å². The first kappa shape index (κ1) is 16.6. The van der Waals surface area contributed by atoms with Gasteiger partial charge in [-0.05, 0) is 37.1 Å². The summed E-state index contributed by atoms with van der Waals surface area (Å²) < 4.78 is 1.92. The van der Waals surface area contributed by atoms with E-state index in [9.17, 15) is 0 Å². The maximum absolute atomic E-state index is 8.93. The first-order valence-corrected chi connectivity index (χ1v) is 7.80. The lowest BCUT2D eigenvalue weighted by molar-refractivity contribution is 0.570. The molecule has 0 bridgehead atoms. The maximum Gasteiger partial charge on any atom is 0.191 e. The first-order chi connectivity index (χ1) is 11.3. The number of nitriles is 1. The van der Waals surface area contributed by atoms with Crippen molar-refractivity contribution >= 4 is 5.96 Å². The summed E-state index contributed by atoms with van der Waals surface area (Å²) in [7, 11) is 0. The van der Waals surface area contributed by atoms with Gasteiger partial charge in [0.2, 0.25) is 0 Å². The molecule has 2 rings (SSSR count). The highest BCUT2D eigenvalue weighted by Gasteiger charge is 1.99. The van der Waals surface area contributed by atoms with Crippen molar-refractivity contribution in [1.82, 2.24) is 20.4 Å². The zero-order chi connectivity index (χ0) is 16.3. The van der Waals surface area contributed by atoms with Crippen LogP contribution >= 0.6 is 0 Å². The minimum absolute atomic E-state index is 0.546. The molecule has 0 saturated carbocycles. The molecule has 2 N–H and O–H groups in total. The highest BCUT2D eigenvalue weighted by atomic mass is 15.3. The second-order valence-electron chi connectivity index (χ2n) is 5.06. The molecule has 0 aliphatic carbocycles. The van der Waals surface area contributed by atoms with Crippen LogP contribution in [0.2, 0.25) is 0 Å².